The molecule has 0 atom stereocenters. The van der Waals surface area contributed by atoms with E-state index in [1.165, 1.54) is 6.07 Å². The van der Waals surface area contributed by atoms with Gasteiger partial charge in [0.05, 0.1) is 0 Å². The Balaban J connectivity index is 2.85. The first-order valence-corrected chi connectivity index (χ1v) is 8.82. The molecule has 0 saturated carbocycles. The Hall–Kier alpha value is -0.510. The zero-order valence-electron chi connectivity index (χ0n) is 13.4. The fourth-order valence-electron chi connectivity index (χ4n) is 2.72. The maximum Gasteiger partial charge on any atom is 0.425 e. The maximum absolute atomic E-state index is 12.8. The molecule has 0 aliphatic rings. The molecular weight excluding hydrogens is 293 g/mol. The summed E-state index contributed by atoms with van der Waals surface area (Å²) in [5, 5.41) is 0. The van der Waals surface area contributed by atoms with Crippen LogP contribution in [0.2, 0.25) is 0 Å². The molecular formula is C17H27F3S. The van der Waals surface area contributed by atoms with Gasteiger partial charge >= 0.3 is 6.18 Å². The zero-order chi connectivity index (χ0) is 15.9. The summed E-state index contributed by atoms with van der Waals surface area (Å²) < 4.78 is 38.4. The molecule has 0 aliphatic carbocycles. The van der Waals surface area contributed by atoms with Crippen molar-refractivity contribution in [3.63, 3.8) is 0 Å². The van der Waals surface area contributed by atoms with Crippen LogP contribution in [0.3, 0.4) is 0 Å². The predicted octanol–water partition coefficient (Wildman–Crippen LogP) is 7.19. The Bertz CT molecular complexity index is 396. The number of halogens is 3. The van der Waals surface area contributed by atoms with Crippen molar-refractivity contribution < 1.29 is 13.2 Å². The van der Waals surface area contributed by atoms with E-state index in [1.54, 1.807) is 6.07 Å². The molecule has 0 fully saturated rings. The Labute approximate surface area is 130 Å². The first kappa shape index (κ1) is 18.5. The highest BCUT2D eigenvalue weighted by Crippen LogP contribution is 2.43. The third-order valence-corrected chi connectivity index (χ3v) is 5.58. The van der Waals surface area contributed by atoms with Crippen LogP contribution in [0.4, 0.5) is 13.2 Å². The largest absolute Gasteiger partial charge is 0.425 e. The van der Waals surface area contributed by atoms with Crippen LogP contribution in [0.15, 0.2) is 12.1 Å². The molecule has 0 bridgehead atoms. The van der Waals surface area contributed by atoms with E-state index in [0.29, 0.717) is 0 Å². The van der Waals surface area contributed by atoms with Gasteiger partial charge in [-0.2, -0.15) is 13.2 Å². The van der Waals surface area contributed by atoms with Crippen molar-refractivity contribution in [2.45, 2.75) is 83.7 Å². The molecule has 0 radical (unpaired) electrons. The normalized spacial score (nSPS) is 12.9. The first-order chi connectivity index (χ1) is 9.83. The summed E-state index contributed by atoms with van der Waals surface area (Å²) in [6.45, 7) is 6.45. The number of hydrogen-bond acceptors (Lipinski definition) is 1. The molecule has 1 aromatic heterocycles. The van der Waals surface area contributed by atoms with E-state index in [1.807, 2.05) is 0 Å². The minimum absolute atomic E-state index is 0.0987. The summed E-state index contributed by atoms with van der Waals surface area (Å²) >= 11 is 0.938. The van der Waals surface area contributed by atoms with Crippen LogP contribution in [-0.4, -0.2) is 0 Å². The lowest BCUT2D eigenvalue weighted by molar-refractivity contribution is -0.134. The lowest BCUT2D eigenvalue weighted by Crippen LogP contribution is -2.20. The van der Waals surface area contributed by atoms with Crippen molar-refractivity contribution in [1.29, 1.82) is 0 Å². The molecule has 0 amide bonds. The molecule has 0 unspecified atom stereocenters. The quantitative estimate of drug-likeness (QED) is 0.422. The van der Waals surface area contributed by atoms with E-state index in [-0.39, 0.29) is 5.41 Å². The third-order valence-electron chi connectivity index (χ3n) is 4.14. The molecule has 1 heterocycles. The van der Waals surface area contributed by atoms with Crippen LogP contribution in [-0.2, 0) is 11.6 Å². The minimum Gasteiger partial charge on any atom is -0.165 e. The zero-order valence-corrected chi connectivity index (χ0v) is 14.2. The van der Waals surface area contributed by atoms with Crippen LogP contribution >= 0.6 is 11.3 Å². The lowest BCUT2D eigenvalue weighted by atomic mass is 9.78. The van der Waals surface area contributed by atoms with E-state index in [2.05, 4.69) is 20.8 Å². The van der Waals surface area contributed by atoms with E-state index in [0.717, 1.165) is 67.6 Å². The van der Waals surface area contributed by atoms with Crippen molar-refractivity contribution in [3.05, 3.63) is 21.9 Å². The second kappa shape index (κ2) is 8.21. The van der Waals surface area contributed by atoms with Crippen molar-refractivity contribution in [2.24, 2.45) is 0 Å². The van der Waals surface area contributed by atoms with Crippen molar-refractivity contribution in [3.8, 4) is 0 Å². The summed E-state index contributed by atoms with van der Waals surface area (Å²) in [6, 6.07) is 2.95. The molecule has 1 rings (SSSR count). The van der Waals surface area contributed by atoms with Gasteiger partial charge in [-0.05, 0) is 25.0 Å². The van der Waals surface area contributed by atoms with E-state index in [4.69, 9.17) is 0 Å². The summed E-state index contributed by atoms with van der Waals surface area (Å²) in [5.74, 6) is 0. The molecule has 0 N–H and O–H groups in total. The molecule has 0 saturated heterocycles. The Morgan fingerprint density at radius 1 is 0.857 bits per heavy atom. The fourth-order valence-corrected chi connectivity index (χ4v) is 3.79. The second-order valence-electron chi connectivity index (χ2n) is 6.14. The van der Waals surface area contributed by atoms with Gasteiger partial charge in [-0.25, -0.2) is 0 Å². The summed E-state index contributed by atoms with van der Waals surface area (Å²) in [5.41, 5.74) is -0.0987. The monoisotopic (exact) mass is 320 g/mol. The highest BCUT2D eigenvalue weighted by molar-refractivity contribution is 7.12. The molecule has 0 aromatic carbocycles. The summed E-state index contributed by atoms with van der Waals surface area (Å²) in [4.78, 5) is 0.441. The summed E-state index contributed by atoms with van der Waals surface area (Å²) in [7, 11) is 0. The predicted molar refractivity (Wildman–Crippen MR) is 85.0 cm³/mol. The Morgan fingerprint density at radius 3 is 1.71 bits per heavy atom. The molecule has 0 spiro atoms. The van der Waals surface area contributed by atoms with Crippen LogP contribution in [0, 0.1) is 0 Å². The molecule has 21 heavy (non-hydrogen) atoms. The average molecular weight is 320 g/mol. The molecule has 4 heteroatoms. The third kappa shape index (κ3) is 5.65. The van der Waals surface area contributed by atoms with Crippen LogP contribution in [0.5, 0.6) is 0 Å². The fraction of sp³-hybridized carbons (Fsp3) is 0.765. The number of alkyl halides is 3. The number of thiophene rings is 1. The SMILES string of the molecule is CCCCCC(C)(CCCCC)c1ccc(C(F)(F)F)s1. The maximum atomic E-state index is 12.8. The van der Waals surface area contributed by atoms with Crippen molar-refractivity contribution in [1.82, 2.24) is 0 Å². The topological polar surface area (TPSA) is 0 Å². The van der Waals surface area contributed by atoms with E-state index >= 15 is 0 Å². The van der Waals surface area contributed by atoms with Crippen molar-refractivity contribution in [2.75, 3.05) is 0 Å². The smallest absolute Gasteiger partial charge is 0.165 e. The Kier molecular flexibility index (Phi) is 7.25. The van der Waals surface area contributed by atoms with E-state index in [9.17, 15) is 13.2 Å². The average Bonchev–Trinajstić information content (AvgIpc) is 2.89. The number of unbranched alkanes of at least 4 members (excludes halogenated alkanes) is 4. The first-order valence-electron chi connectivity index (χ1n) is 8.01. The van der Waals surface area contributed by atoms with Crippen LogP contribution in [0.1, 0.15) is 81.9 Å². The minimum atomic E-state index is -4.21. The van der Waals surface area contributed by atoms with Gasteiger partial charge in [0, 0.05) is 10.3 Å². The van der Waals surface area contributed by atoms with Crippen LogP contribution < -0.4 is 0 Å². The molecule has 0 nitrogen and oxygen atoms in total. The van der Waals surface area contributed by atoms with Gasteiger partial charge in [-0.15, -0.1) is 11.3 Å². The summed E-state index contributed by atoms with van der Waals surface area (Å²) in [6.07, 6.45) is 4.55. The highest BCUT2D eigenvalue weighted by Gasteiger charge is 2.35. The van der Waals surface area contributed by atoms with Crippen LogP contribution in [0.25, 0.3) is 0 Å². The Morgan fingerprint density at radius 2 is 1.33 bits per heavy atom. The van der Waals surface area contributed by atoms with Gasteiger partial charge in [0.1, 0.15) is 4.88 Å². The van der Waals surface area contributed by atoms with E-state index < -0.39 is 11.1 Å². The molecule has 122 valence electrons. The van der Waals surface area contributed by atoms with Gasteiger partial charge in [-0.3, -0.25) is 0 Å². The molecule has 0 aliphatic heterocycles. The molecule has 1 aromatic rings. The van der Waals surface area contributed by atoms with Crippen molar-refractivity contribution >= 4 is 11.3 Å². The number of rotatable bonds is 9. The van der Waals surface area contributed by atoms with Gasteiger partial charge in [-0.1, -0.05) is 59.3 Å². The highest BCUT2D eigenvalue weighted by atomic mass is 32.1. The lowest BCUT2D eigenvalue weighted by Gasteiger charge is -2.29. The number of hydrogen-bond donors (Lipinski definition) is 0. The standard InChI is InChI=1S/C17H27F3S/c1-4-6-8-12-16(3,13-9-7-5-2)14-10-11-15(21-14)17(18,19)20/h10-11H,4-9,12-13H2,1-3H3. The van der Waals surface area contributed by atoms with Gasteiger partial charge < -0.3 is 0 Å². The van der Waals surface area contributed by atoms with Gasteiger partial charge in [0.15, 0.2) is 0 Å². The van der Waals surface area contributed by atoms with Gasteiger partial charge in [0.25, 0.3) is 0 Å². The second-order valence-corrected chi connectivity index (χ2v) is 7.22. The van der Waals surface area contributed by atoms with Gasteiger partial charge in [0.2, 0.25) is 0 Å².